The molecule has 0 unspecified atom stereocenters. The van der Waals surface area contributed by atoms with Crippen LogP contribution in [0.4, 0.5) is 9.18 Å². The van der Waals surface area contributed by atoms with E-state index in [1.54, 1.807) is 18.2 Å². The van der Waals surface area contributed by atoms with Gasteiger partial charge in [-0.3, -0.25) is 4.79 Å². The molecule has 1 heterocycles. The van der Waals surface area contributed by atoms with E-state index in [2.05, 4.69) is 17.2 Å². The third-order valence-electron chi connectivity index (χ3n) is 4.07. The number of rotatable bonds is 6. The van der Waals surface area contributed by atoms with E-state index in [0.717, 1.165) is 0 Å². The predicted molar refractivity (Wildman–Crippen MR) is 96.3 cm³/mol. The molecular weight excluding hydrogens is 351 g/mol. The number of hydrogen-bond acceptors (Lipinski definition) is 4. The summed E-state index contributed by atoms with van der Waals surface area (Å²) in [4.78, 5) is 24.4. The van der Waals surface area contributed by atoms with Gasteiger partial charge in [0.1, 0.15) is 30.7 Å². The Hall–Kier alpha value is -3.35. The van der Waals surface area contributed by atoms with Crippen molar-refractivity contribution in [3.63, 3.8) is 0 Å². The average molecular weight is 370 g/mol. The Bertz CT molecular complexity index is 841. The van der Waals surface area contributed by atoms with Crippen molar-refractivity contribution >= 4 is 12.0 Å². The Labute approximate surface area is 156 Å². The van der Waals surface area contributed by atoms with Gasteiger partial charge >= 0.3 is 12.0 Å². The van der Waals surface area contributed by atoms with Crippen molar-refractivity contribution in [1.82, 2.24) is 10.6 Å². The molecule has 2 aromatic carbocycles. The maximum atomic E-state index is 13.6. The number of nitrogens with one attached hydrogen (secondary N) is 2. The van der Waals surface area contributed by atoms with E-state index in [9.17, 15) is 14.0 Å². The zero-order valence-corrected chi connectivity index (χ0v) is 14.5. The van der Waals surface area contributed by atoms with Gasteiger partial charge in [0, 0.05) is 5.70 Å². The molecule has 1 fully saturated rings. The van der Waals surface area contributed by atoms with Crippen LogP contribution in [0.3, 0.4) is 0 Å². The molecule has 6 nitrogen and oxygen atoms in total. The van der Waals surface area contributed by atoms with Gasteiger partial charge in [-0.2, -0.15) is 0 Å². The van der Waals surface area contributed by atoms with Gasteiger partial charge in [-0.25, -0.2) is 9.18 Å². The lowest BCUT2D eigenvalue weighted by molar-refractivity contribution is -0.149. The van der Waals surface area contributed by atoms with Crippen LogP contribution in [-0.2, 0) is 9.53 Å². The lowest BCUT2D eigenvalue weighted by Gasteiger charge is -2.33. The molecule has 2 amide bonds. The van der Waals surface area contributed by atoms with Crippen LogP contribution in [0.25, 0.3) is 0 Å². The maximum absolute atomic E-state index is 13.6. The largest absolute Gasteiger partial charge is 0.490 e. The van der Waals surface area contributed by atoms with Crippen molar-refractivity contribution in [3.05, 3.63) is 78.3 Å². The first-order valence-corrected chi connectivity index (χ1v) is 8.41. The lowest BCUT2D eigenvalue weighted by atomic mass is 9.89. The molecule has 3 rings (SSSR count). The number of carbonyl (C=O) groups excluding carboxylic acids is 2. The zero-order valence-electron chi connectivity index (χ0n) is 14.5. The quantitative estimate of drug-likeness (QED) is 0.606. The number of benzene rings is 2. The molecule has 2 atom stereocenters. The Morgan fingerprint density at radius 1 is 1.11 bits per heavy atom. The minimum atomic E-state index is -0.888. The molecule has 2 aromatic rings. The Balaban J connectivity index is 1.64. The van der Waals surface area contributed by atoms with Crippen LogP contribution in [0.5, 0.6) is 5.75 Å². The second-order valence-corrected chi connectivity index (χ2v) is 5.96. The van der Waals surface area contributed by atoms with E-state index in [1.807, 2.05) is 18.2 Å². The summed E-state index contributed by atoms with van der Waals surface area (Å²) in [5, 5.41) is 5.10. The van der Waals surface area contributed by atoms with Gasteiger partial charge in [-0.1, -0.05) is 36.9 Å². The second kappa shape index (κ2) is 8.35. The van der Waals surface area contributed by atoms with Gasteiger partial charge in [-0.05, 0) is 29.8 Å². The van der Waals surface area contributed by atoms with Gasteiger partial charge in [0.15, 0.2) is 0 Å². The molecule has 1 aliphatic rings. The van der Waals surface area contributed by atoms with E-state index in [-0.39, 0.29) is 18.9 Å². The average Bonchev–Trinajstić information content (AvgIpc) is 2.65. The van der Waals surface area contributed by atoms with E-state index in [4.69, 9.17) is 9.47 Å². The van der Waals surface area contributed by atoms with Crippen molar-refractivity contribution in [2.24, 2.45) is 5.92 Å². The zero-order chi connectivity index (χ0) is 19.2. The van der Waals surface area contributed by atoms with E-state index >= 15 is 0 Å². The number of esters is 1. The molecule has 0 aromatic heterocycles. The van der Waals surface area contributed by atoms with Crippen LogP contribution in [0, 0.1) is 11.7 Å². The third kappa shape index (κ3) is 4.63. The SMILES string of the molecule is C=C1NC(=O)N[C@H](c2cccc(F)c2)[C@@H]1C(=O)OCCOc1ccccc1. The summed E-state index contributed by atoms with van der Waals surface area (Å²) in [6.45, 7) is 3.95. The normalized spacial score (nSPS) is 19.0. The monoisotopic (exact) mass is 370 g/mol. The highest BCUT2D eigenvalue weighted by Crippen LogP contribution is 2.30. The highest BCUT2D eigenvalue weighted by molar-refractivity contribution is 5.85. The Morgan fingerprint density at radius 2 is 1.89 bits per heavy atom. The van der Waals surface area contributed by atoms with Gasteiger partial charge in [0.25, 0.3) is 0 Å². The summed E-state index contributed by atoms with van der Waals surface area (Å²) in [7, 11) is 0. The summed E-state index contributed by atoms with van der Waals surface area (Å²) >= 11 is 0. The fraction of sp³-hybridized carbons (Fsp3) is 0.200. The van der Waals surface area contributed by atoms with Crippen LogP contribution < -0.4 is 15.4 Å². The minimum Gasteiger partial charge on any atom is -0.490 e. The van der Waals surface area contributed by atoms with Crippen LogP contribution >= 0.6 is 0 Å². The van der Waals surface area contributed by atoms with Crippen molar-refractivity contribution in [1.29, 1.82) is 0 Å². The smallest absolute Gasteiger partial charge is 0.319 e. The van der Waals surface area contributed by atoms with E-state index in [0.29, 0.717) is 11.3 Å². The maximum Gasteiger partial charge on any atom is 0.319 e. The summed E-state index contributed by atoms with van der Waals surface area (Å²) < 4.78 is 24.3. The summed E-state index contributed by atoms with van der Waals surface area (Å²) in [6.07, 6.45) is 0. The van der Waals surface area contributed by atoms with Gasteiger partial charge in [0.05, 0.1) is 6.04 Å². The molecule has 2 N–H and O–H groups in total. The molecule has 1 saturated heterocycles. The number of carbonyl (C=O) groups is 2. The second-order valence-electron chi connectivity index (χ2n) is 5.96. The topological polar surface area (TPSA) is 76.7 Å². The minimum absolute atomic E-state index is 0.0291. The molecule has 0 radical (unpaired) electrons. The first-order chi connectivity index (χ1) is 13.0. The molecule has 0 aliphatic carbocycles. The number of hydrogen-bond donors (Lipinski definition) is 2. The predicted octanol–water partition coefficient (Wildman–Crippen LogP) is 2.93. The molecule has 1 aliphatic heterocycles. The summed E-state index contributed by atoms with van der Waals surface area (Å²) in [5.41, 5.74) is 0.649. The van der Waals surface area contributed by atoms with Crippen molar-refractivity contribution in [2.45, 2.75) is 6.04 Å². The Kier molecular flexibility index (Phi) is 5.71. The van der Waals surface area contributed by atoms with Crippen molar-refractivity contribution < 1.29 is 23.5 Å². The van der Waals surface area contributed by atoms with Crippen molar-refractivity contribution in [3.8, 4) is 5.75 Å². The first-order valence-electron chi connectivity index (χ1n) is 8.41. The van der Waals surface area contributed by atoms with Crippen LogP contribution in [0.2, 0.25) is 0 Å². The Morgan fingerprint density at radius 3 is 2.63 bits per heavy atom. The summed E-state index contributed by atoms with van der Waals surface area (Å²) in [5.74, 6) is -1.27. The van der Waals surface area contributed by atoms with Crippen LogP contribution in [0.15, 0.2) is 66.9 Å². The number of urea groups is 1. The third-order valence-corrected chi connectivity index (χ3v) is 4.07. The number of ether oxygens (including phenoxy) is 2. The van der Waals surface area contributed by atoms with Crippen LogP contribution in [0.1, 0.15) is 11.6 Å². The fourth-order valence-corrected chi connectivity index (χ4v) is 2.85. The number of amides is 2. The molecular formula is C20H19FN2O4. The number of para-hydroxylation sites is 1. The molecule has 140 valence electrons. The lowest BCUT2D eigenvalue weighted by Crippen LogP contribution is -2.51. The van der Waals surface area contributed by atoms with E-state index < -0.39 is 29.8 Å². The standard InChI is InChI=1S/C20H19FN2O4/c1-13-17(19(24)27-11-10-26-16-8-3-2-4-9-16)18(23-20(25)22-13)14-6-5-7-15(21)12-14/h2-9,12,17-18H,1,10-11H2,(H2,22,23,25)/t17-,18-/m1/s1. The molecule has 0 bridgehead atoms. The van der Waals surface area contributed by atoms with Crippen LogP contribution in [-0.4, -0.2) is 25.2 Å². The molecule has 7 heteroatoms. The van der Waals surface area contributed by atoms with Crippen molar-refractivity contribution in [2.75, 3.05) is 13.2 Å². The molecule has 27 heavy (non-hydrogen) atoms. The highest BCUT2D eigenvalue weighted by Gasteiger charge is 2.39. The molecule has 0 saturated carbocycles. The van der Waals surface area contributed by atoms with Gasteiger partial charge < -0.3 is 20.1 Å². The fourth-order valence-electron chi connectivity index (χ4n) is 2.85. The first kappa shape index (κ1) is 18.4. The number of halogens is 1. The highest BCUT2D eigenvalue weighted by atomic mass is 19.1. The van der Waals surface area contributed by atoms with Gasteiger partial charge in [0.2, 0.25) is 0 Å². The molecule has 0 spiro atoms. The summed E-state index contributed by atoms with van der Waals surface area (Å²) in [6, 6.07) is 13.6. The van der Waals surface area contributed by atoms with E-state index in [1.165, 1.54) is 18.2 Å². The van der Waals surface area contributed by atoms with Gasteiger partial charge in [-0.15, -0.1) is 0 Å².